The molecule has 0 fully saturated rings. The predicted octanol–water partition coefficient (Wildman–Crippen LogP) is 4.83. The van der Waals surface area contributed by atoms with Gasteiger partial charge in [0.05, 0.1) is 0 Å². The van der Waals surface area contributed by atoms with E-state index in [4.69, 9.17) is 0 Å². The van der Waals surface area contributed by atoms with Gasteiger partial charge in [-0.3, -0.25) is 4.79 Å². The molecule has 0 radical (unpaired) electrons. The Morgan fingerprint density at radius 1 is 0.800 bits per heavy atom. The molecule has 126 valence electrons. The van der Waals surface area contributed by atoms with Gasteiger partial charge in [-0.2, -0.15) is 0 Å². The van der Waals surface area contributed by atoms with E-state index in [1.165, 1.54) is 30.3 Å². The fraction of sp³-hybridized carbons (Fsp3) is 0.0500. The first kappa shape index (κ1) is 16.6. The second kappa shape index (κ2) is 7.57. The van der Waals surface area contributed by atoms with Crippen molar-refractivity contribution in [1.29, 1.82) is 0 Å². The molecular formula is C20H16F2N2O. The van der Waals surface area contributed by atoms with Crippen molar-refractivity contribution in [3.05, 3.63) is 95.6 Å². The molecule has 3 nitrogen and oxygen atoms in total. The number of rotatable bonds is 5. The Labute approximate surface area is 144 Å². The van der Waals surface area contributed by atoms with Crippen molar-refractivity contribution in [3.63, 3.8) is 0 Å². The van der Waals surface area contributed by atoms with Crippen LogP contribution < -0.4 is 10.6 Å². The van der Waals surface area contributed by atoms with Crippen LogP contribution in [-0.4, -0.2) is 5.91 Å². The van der Waals surface area contributed by atoms with E-state index in [0.717, 1.165) is 11.3 Å². The Morgan fingerprint density at radius 3 is 2.16 bits per heavy atom. The van der Waals surface area contributed by atoms with Crippen molar-refractivity contribution in [3.8, 4) is 0 Å². The zero-order valence-corrected chi connectivity index (χ0v) is 13.3. The van der Waals surface area contributed by atoms with E-state index in [1.807, 2.05) is 12.1 Å². The predicted molar refractivity (Wildman–Crippen MR) is 94.5 cm³/mol. The van der Waals surface area contributed by atoms with Gasteiger partial charge in [0, 0.05) is 23.5 Å². The second-order valence-electron chi connectivity index (χ2n) is 5.52. The highest BCUT2D eigenvalue weighted by molar-refractivity contribution is 6.04. The summed E-state index contributed by atoms with van der Waals surface area (Å²) in [6.45, 7) is 0.565. The third-order valence-corrected chi connectivity index (χ3v) is 3.64. The van der Waals surface area contributed by atoms with Crippen LogP contribution in [0.1, 0.15) is 15.9 Å². The number of hydrogen-bond donors (Lipinski definition) is 2. The summed E-state index contributed by atoms with van der Waals surface area (Å²) in [5.74, 6) is -1.08. The largest absolute Gasteiger partial charge is 0.381 e. The van der Waals surface area contributed by atoms with Gasteiger partial charge in [-0.15, -0.1) is 0 Å². The lowest BCUT2D eigenvalue weighted by molar-refractivity contribution is 0.102. The van der Waals surface area contributed by atoms with Crippen molar-refractivity contribution < 1.29 is 13.6 Å². The van der Waals surface area contributed by atoms with Crippen LogP contribution in [0, 0.1) is 11.6 Å². The van der Waals surface area contributed by atoms with Crippen LogP contribution in [0.2, 0.25) is 0 Å². The molecular weight excluding hydrogens is 322 g/mol. The van der Waals surface area contributed by atoms with Gasteiger partial charge in [0.15, 0.2) is 0 Å². The van der Waals surface area contributed by atoms with E-state index < -0.39 is 5.82 Å². The van der Waals surface area contributed by atoms with Crippen LogP contribution in [0.5, 0.6) is 0 Å². The molecule has 0 aliphatic carbocycles. The van der Waals surface area contributed by atoms with Gasteiger partial charge in [-0.1, -0.05) is 18.2 Å². The van der Waals surface area contributed by atoms with E-state index in [0.29, 0.717) is 12.2 Å². The molecule has 5 heteroatoms. The Hall–Kier alpha value is -3.21. The highest BCUT2D eigenvalue weighted by Gasteiger charge is 2.06. The lowest BCUT2D eigenvalue weighted by Crippen LogP contribution is -2.12. The number of amides is 1. The highest BCUT2D eigenvalue weighted by atomic mass is 19.1. The van der Waals surface area contributed by atoms with Crippen molar-refractivity contribution in [2.45, 2.75) is 6.54 Å². The Morgan fingerprint density at radius 2 is 1.48 bits per heavy atom. The standard InChI is InChI=1S/C20H16F2N2O/c21-16-6-4-14(5-7-16)13-23-18-8-10-19(11-9-18)24-20(25)15-2-1-3-17(22)12-15/h1-12,23H,13H2,(H,24,25). The van der Waals surface area contributed by atoms with E-state index in [9.17, 15) is 13.6 Å². The van der Waals surface area contributed by atoms with E-state index in [-0.39, 0.29) is 17.3 Å². The summed E-state index contributed by atoms with van der Waals surface area (Å²) in [7, 11) is 0. The Kier molecular flexibility index (Phi) is 5.04. The maximum atomic E-state index is 13.2. The zero-order chi connectivity index (χ0) is 17.6. The Bertz CT molecular complexity index is 862. The summed E-state index contributed by atoms with van der Waals surface area (Å²) < 4.78 is 26.0. The molecule has 0 bridgehead atoms. The van der Waals surface area contributed by atoms with Gasteiger partial charge < -0.3 is 10.6 Å². The number of hydrogen-bond acceptors (Lipinski definition) is 2. The molecule has 0 aliphatic heterocycles. The molecule has 0 aromatic heterocycles. The lowest BCUT2D eigenvalue weighted by Gasteiger charge is -2.09. The molecule has 3 rings (SSSR count). The third kappa shape index (κ3) is 4.64. The molecule has 3 aromatic rings. The first-order chi connectivity index (χ1) is 12.1. The monoisotopic (exact) mass is 338 g/mol. The number of nitrogens with one attached hydrogen (secondary N) is 2. The average Bonchev–Trinajstić information content (AvgIpc) is 2.62. The third-order valence-electron chi connectivity index (χ3n) is 3.64. The SMILES string of the molecule is O=C(Nc1ccc(NCc2ccc(F)cc2)cc1)c1cccc(F)c1. The second-order valence-corrected chi connectivity index (χ2v) is 5.52. The molecule has 0 saturated heterocycles. The summed E-state index contributed by atoms with van der Waals surface area (Å²) in [6.07, 6.45) is 0. The molecule has 0 aliphatic rings. The van der Waals surface area contributed by atoms with Crippen LogP contribution >= 0.6 is 0 Å². The molecule has 3 aromatic carbocycles. The van der Waals surface area contributed by atoms with E-state index >= 15 is 0 Å². The normalized spacial score (nSPS) is 10.3. The van der Waals surface area contributed by atoms with Crippen LogP contribution in [0.4, 0.5) is 20.2 Å². The van der Waals surface area contributed by atoms with Crippen LogP contribution in [-0.2, 0) is 6.54 Å². The lowest BCUT2D eigenvalue weighted by atomic mass is 10.2. The molecule has 2 N–H and O–H groups in total. The number of halogens is 2. The molecule has 0 unspecified atom stereocenters. The fourth-order valence-electron chi connectivity index (χ4n) is 2.31. The van der Waals surface area contributed by atoms with Crippen molar-refractivity contribution in [1.82, 2.24) is 0 Å². The summed E-state index contributed by atoms with van der Waals surface area (Å²) in [5, 5.41) is 5.93. The molecule has 0 spiro atoms. The topological polar surface area (TPSA) is 41.1 Å². The minimum absolute atomic E-state index is 0.262. The van der Waals surface area contributed by atoms with Crippen LogP contribution in [0.3, 0.4) is 0 Å². The summed E-state index contributed by atoms with van der Waals surface area (Å²) in [5.41, 5.74) is 2.71. The number of carbonyl (C=O) groups excluding carboxylic acids is 1. The number of carbonyl (C=O) groups is 1. The smallest absolute Gasteiger partial charge is 0.255 e. The van der Waals surface area contributed by atoms with Crippen LogP contribution in [0.15, 0.2) is 72.8 Å². The zero-order valence-electron chi connectivity index (χ0n) is 13.3. The molecule has 0 atom stereocenters. The van der Waals surface area contributed by atoms with Gasteiger partial charge in [0.25, 0.3) is 5.91 Å². The molecule has 25 heavy (non-hydrogen) atoms. The van der Waals surface area contributed by atoms with Gasteiger partial charge in [-0.25, -0.2) is 8.78 Å². The summed E-state index contributed by atoms with van der Waals surface area (Å²) in [6, 6.07) is 19.0. The average molecular weight is 338 g/mol. The van der Waals surface area contributed by atoms with Gasteiger partial charge in [0.2, 0.25) is 0 Å². The minimum atomic E-state index is -0.451. The summed E-state index contributed by atoms with van der Waals surface area (Å²) in [4.78, 5) is 12.1. The fourth-order valence-corrected chi connectivity index (χ4v) is 2.31. The number of benzene rings is 3. The maximum absolute atomic E-state index is 13.2. The first-order valence-corrected chi connectivity index (χ1v) is 7.75. The highest BCUT2D eigenvalue weighted by Crippen LogP contribution is 2.16. The first-order valence-electron chi connectivity index (χ1n) is 7.75. The quantitative estimate of drug-likeness (QED) is 0.700. The Balaban J connectivity index is 1.58. The van der Waals surface area contributed by atoms with Gasteiger partial charge >= 0.3 is 0 Å². The minimum Gasteiger partial charge on any atom is -0.381 e. The van der Waals surface area contributed by atoms with E-state index in [1.54, 1.807) is 30.3 Å². The van der Waals surface area contributed by atoms with Crippen molar-refractivity contribution >= 4 is 17.3 Å². The molecule has 0 heterocycles. The summed E-state index contributed by atoms with van der Waals surface area (Å²) >= 11 is 0. The molecule has 1 amide bonds. The van der Waals surface area contributed by atoms with Gasteiger partial charge in [-0.05, 0) is 60.2 Å². The number of anilines is 2. The van der Waals surface area contributed by atoms with E-state index in [2.05, 4.69) is 10.6 Å². The van der Waals surface area contributed by atoms with Crippen molar-refractivity contribution in [2.24, 2.45) is 0 Å². The van der Waals surface area contributed by atoms with Crippen molar-refractivity contribution in [2.75, 3.05) is 10.6 Å². The maximum Gasteiger partial charge on any atom is 0.255 e. The van der Waals surface area contributed by atoms with Gasteiger partial charge in [0.1, 0.15) is 11.6 Å². The molecule has 0 saturated carbocycles. The van der Waals surface area contributed by atoms with Crippen LogP contribution in [0.25, 0.3) is 0 Å².